The molecule has 2 nitrogen and oxygen atoms in total. The second-order valence-electron chi connectivity index (χ2n) is 4.99. The Hall–Kier alpha value is -1.87. The summed E-state index contributed by atoms with van der Waals surface area (Å²) in [6.45, 7) is 7.20. The van der Waals surface area contributed by atoms with Crippen molar-refractivity contribution in [3.63, 3.8) is 0 Å². The predicted octanol–water partition coefficient (Wildman–Crippen LogP) is 4.23. The fourth-order valence-corrected chi connectivity index (χ4v) is 2.46. The molecule has 1 atom stereocenters. The van der Waals surface area contributed by atoms with E-state index in [9.17, 15) is 4.39 Å². The summed E-state index contributed by atoms with van der Waals surface area (Å²) in [5.41, 5.74) is 2.53. The van der Waals surface area contributed by atoms with E-state index in [1.54, 1.807) is 6.07 Å². The minimum Gasteiger partial charge on any atom is -0.494 e. The van der Waals surface area contributed by atoms with Gasteiger partial charge in [0.15, 0.2) is 0 Å². The first-order valence-electron chi connectivity index (χ1n) is 7.38. The summed E-state index contributed by atoms with van der Waals surface area (Å²) in [5, 5.41) is 3.35. The van der Waals surface area contributed by atoms with Crippen molar-refractivity contribution in [1.29, 1.82) is 0 Å². The molecule has 2 rings (SSSR count). The molecule has 0 bridgehead atoms. The lowest BCUT2D eigenvalue weighted by atomic mass is 9.96. The number of halogens is 1. The van der Waals surface area contributed by atoms with Gasteiger partial charge in [-0.25, -0.2) is 4.39 Å². The summed E-state index contributed by atoms with van der Waals surface area (Å²) in [7, 11) is 0. The Bertz CT molecular complexity index is 598. The molecule has 0 fully saturated rings. The van der Waals surface area contributed by atoms with Gasteiger partial charge in [-0.2, -0.15) is 0 Å². The molecule has 0 saturated carbocycles. The summed E-state index contributed by atoms with van der Waals surface area (Å²) in [6.07, 6.45) is 0. The molecule has 0 heterocycles. The number of aryl methyl sites for hydroxylation is 1. The van der Waals surface area contributed by atoms with Gasteiger partial charge in [0.1, 0.15) is 11.6 Å². The molecule has 1 unspecified atom stereocenters. The van der Waals surface area contributed by atoms with E-state index < -0.39 is 0 Å². The summed E-state index contributed by atoms with van der Waals surface area (Å²) in [6, 6.07) is 12.9. The minimum atomic E-state index is -0.210. The Morgan fingerprint density at radius 1 is 1.10 bits per heavy atom. The molecule has 0 saturated heterocycles. The van der Waals surface area contributed by atoms with Gasteiger partial charge in [-0.15, -0.1) is 0 Å². The van der Waals surface area contributed by atoms with Crippen LogP contribution in [0, 0.1) is 12.7 Å². The number of para-hydroxylation sites is 1. The zero-order valence-electron chi connectivity index (χ0n) is 12.8. The van der Waals surface area contributed by atoms with E-state index in [0.29, 0.717) is 12.2 Å². The fraction of sp³-hybridized carbons (Fsp3) is 0.333. The SMILES string of the molecule is CCNC(c1ccc(C)cc1F)c1ccccc1OCC. The van der Waals surface area contributed by atoms with Crippen molar-refractivity contribution in [3.8, 4) is 5.75 Å². The number of benzene rings is 2. The summed E-state index contributed by atoms with van der Waals surface area (Å²) < 4.78 is 20.0. The molecular formula is C18H22FNO. The van der Waals surface area contributed by atoms with E-state index in [1.807, 2.05) is 57.2 Å². The Balaban J connectivity index is 2.48. The number of nitrogens with one attached hydrogen (secondary N) is 1. The third-order valence-corrected chi connectivity index (χ3v) is 3.41. The van der Waals surface area contributed by atoms with Crippen molar-refractivity contribution in [2.24, 2.45) is 0 Å². The molecule has 2 aromatic rings. The number of hydrogen-bond donors (Lipinski definition) is 1. The number of ether oxygens (including phenoxy) is 1. The second-order valence-corrected chi connectivity index (χ2v) is 4.99. The number of hydrogen-bond acceptors (Lipinski definition) is 2. The maximum absolute atomic E-state index is 14.3. The van der Waals surface area contributed by atoms with Gasteiger partial charge in [0.2, 0.25) is 0 Å². The summed E-state index contributed by atoms with van der Waals surface area (Å²) in [5.74, 6) is 0.609. The van der Waals surface area contributed by atoms with Crippen LogP contribution >= 0.6 is 0 Å². The zero-order valence-corrected chi connectivity index (χ0v) is 12.8. The van der Waals surface area contributed by atoms with E-state index in [-0.39, 0.29) is 11.9 Å². The first-order valence-corrected chi connectivity index (χ1v) is 7.38. The van der Waals surface area contributed by atoms with Crippen LogP contribution in [0.15, 0.2) is 42.5 Å². The van der Waals surface area contributed by atoms with Crippen molar-refractivity contribution in [1.82, 2.24) is 5.32 Å². The monoisotopic (exact) mass is 287 g/mol. The van der Waals surface area contributed by atoms with Gasteiger partial charge in [-0.1, -0.05) is 37.3 Å². The van der Waals surface area contributed by atoms with E-state index in [1.165, 1.54) is 0 Å². The molecule has 3 heteroatoms. The average molecular weight is 287 g/mol. The molecule has 0 radical (unpaired) electrons. The molecule has 0 aliphatic carbocycles. The highest BCUT2D eigenvalue weighted by atomic mass is 19.1. The van der Waals surface area contributed by atoms with Gasteiger partial charge in [0, 0.05) is 11.1 Å². The van der Waals surface area contributed by atoms with Crippen LogP contribution in [0.4, 0.5) is 4.39 Å². The molecular weight excluding hydrogens is 265 g/mol. The minimum absolute atomic E-state index is 0.188. The van der Waals surface area contributed by atoms with Crippen LogP contribution in [-0.4, -0.2) is 13.2 Å². The highest BCUT2D eigenvalue weighted by molar-refractivity contribution is 5.42. The van der Waals surface area contributed by atoms with Gasteiger partial charge in [-0.3, -0.25) is 0 Å². The lowest BCUT2D eigenvalue weighted by Gasteiger charge is -2.22. The molecule has 112 valence electrons. The highest BCUT2D eigenvalue weighted by Crippen LogP contribution is 2.31. The predicted molar refractivity (Wildman–Crippen MR) is 84.3 cm³/mol. The first kappa shape index (κ1) is 15.5. The van der Waals surface area contributed by atoms with Crippen molar-refractivity contribution >= 4 is 0 Å². The van der Waals surface area contributed by atoms with Gasteiger partial charge < -0.3 is 10.1 Å². The van der Waals surface area contributed by atoms with Crippen LogP contribution in [0.5, 0.6) is 5.75 Å². The molecule has 0 aromatic heterocycles. The molecule has 2 aromatic carbocycles. The van der Waals surface area contributed by atoms with Crippen molar-refractivity contribution in [2.75, 3.05) is 13.2 Å². The largest absolute Gasteiger partial charge is 0.494 e. The molecule has 0 aliphatic rings. The van der Waals surface area contributed by atoms with E-state index in [4.69, 9.17) is 4.74 Å². The quantitative estimate of drug-likeness (QED) is 0.858. The maximum Gasteiger partial charge on any atom is 0.128 e. The molecule has 0 aliphatic heterocycles. The molecule has 0 spiro atoms. The zero-order chi connectivity index (χ0) is 15.2. The average Bonchev–Trinajstić information content (AvgIpc) is 2.47. The van der Waals surface area contributed by atoms with E-state index in [0.717, 1.165) is 23.4 Å². The smallest absolute Gasteiger partial charge is 0.128 e. The van der Waals surface area contributed by atoms with Gasteiger partial charge in [0.25, 0.3) is 0 Å². The maximum atomic E-state index is 14.3. The number of rotatable bonds is 6. The third-order valence-electron chi connectivity index (χ3n) is 3.41. The van der Waals surface area contributed by atoms with E-state index >= 15 is 0 Å². The van der Waals surface area contributed by atoms with Crippen LogP contribution in [0.3, 0.4) is 0 Å². The summed E-state index contributed by atoms with van der Waals surface area (Å²) >= 11 is 0. The van der Waals surface area contributed by atoms with Gasteiger partial charge in [-0.05, 0) is 38.1 Å². The van der Waals surface area contributed by atoms with Crippen molar-refractivity contribution < 1.29 is 9.13 Å². The first-order chi connectivity index (χ1) is 10.2. The van der Waals surface area contributed by atoms with Crippen LogP contribution in [0.1, 0.15) is 36.6 Å². The Kier molecular flexibility index (Phi) is 5.34. The topological polar surface area (TPSA) is 21.3 Å². The lowest BCUT2D eigenvalue weighted by molar-refractivity contribution is 0.333. The van der Waals surface area contributed by atoms with Gasteiger partial charge in [0.05, 0.1) is 12.6 Å². The Labute approximate surface area is 126 Å². The van der Waals surface area contributed by atoms with Crippen LogP contribution in [0.2, 0.25) is 0 Å². The Morgan fingerprint density at radius 3 is 2.52 bits per heavy atom. The fourth-order valence-electron chi connectivity index (χ4n) is 2.46. The van der Waals surface area contributed by atoms with Crippen LogP contribution in [0.25, 0.3) is 0 Å². The second kappa shape index (κ2) is 7.23. The standard InChI is InChI=1S/C18H22FNO/c1-4-20-18(14-11-10-13(3)12-16(14)19)15-8-6-7-9-17(15)21-5-2/h6-12,18,20H,4-5H2,1-3H3. The van der Waals surface area contributed by atoms with Crippen molar-refractivity contribution in [3.05, 3.63) is 65.0 Å². The van der Waals surface area contributed by atoms with Gasteiger partial charge >= 0.3 is 0 Å². The lowest BCUT2D eigenvalue weighted by Crippen LogP contribution is -2.23. The van der Waals surface area contributed by atoms with Crippen LogP contribution in [-0.2, 0) is 0 Å². The third kappa shape index (κ3) is 3.61. The Morgan fingerprint density at radius 2 is 1.86 bits per heavy atom. The highest BCUT2D eigenvalue weighted by Gasteiger charge is 2.20. The van der Waals surface area contributed by atoms with Crippen molar-refractivity contribution in [2.45, 2.75) is 26.8 Å². The molecule has 21 heavy (non-hydrogen) atoms. The molecule has 1 N–H and O–H groups in total. The summed E-state index contributed by atoms with van der Waals surface area (Å²) in [4.78, 5) is 0. The van der Waals surface area contributed by atoms with E-state index in [2.05, 4.69) is 5.32 Å². The van der Waals surface area contributed by atoms with Crippen LogP contribution < -0.4 is 10.1 Å². The molecule has 0 amide bonds. The normalized spacial score (nSPS) is 12.2.